The van der Waals surface area contributed by atoms with Gasteiger partial charge < -0.3 is 10.2 Å². The Morgan fingerprint density at radius 3 is 2.71 bits per heavy atom. The van der Waals surface area contributed by atoms with E-state index < -0.39 is 0 Å². The molecule has 1 aliphatic rings. The quantitative estimate of drug-likeness (QED) is 0.857. The number of nitrogens with one attached hydrogen (secondary N) is 1. The molecule has 1 saturated heterocycles. The highest BCUT2D eigenvalue weighted by Crippen LogP contribution is 2.35. The normalized spacial score (nSPS) is 18.6. The lowest BCUT2D eigenvalue weighted by molar-refractivity contribution is 0.516. The number of hydrogen-bond acceptors (Lipinski definition) is 2. The van der Waals surface area contributed by atoms with Crippen LogP contribution in [0, 0.1) is 0 Å². The van der Waals surface area contributed by atoms with Gasteiger partial charge in [0.1, 0.15) is 0 Å². The number of nitrogens with zero attached hydrogens (tertiary/aromatic N) is 1. The van der Waals surface area contributed by atoms with Crippen LogP contribution >= 0.6 is 0 Å². The van der Waals surface area contributed by atoms with Gasteiger partial charge in [-0.2, -0.15) is 0 Å². The third-order valence-corrected chi connectivity index (χ3v) is 3.75. The number of benzene rings is 1. The van der Waals surface area contributed by atoms with Crippen molar-refractivity contribution < 1.29 is 0 Å². The largest absolute Gasteiger partial charge is 0.366 e. The zero-order chi connectivity index (χ0) is 12.3. The van der Waals surface area contributed by atoms with E-state index in [1.54, 1.807) is 0 Å². The van der Waals surface area contributed by atoms with Crippen LogP contribution in [-0.2, 0) is 6.54 Å². The first kappa shape index (κ1) is 12.4. The van der Waals surface area contributed by atoms with E-state index in [9.17, 15) is 0 Å². The van der Waals surface area contributed by atoms with Crippen molar-refractivity contribution in [3.05, 3.63) is 29.8 Å². The van der Waals surface area contributed by atoms with Gasteiger partial charge in [0.2, 0.25) is 0 Å². The topological polar surface area (TPSA) is 15.3 Å². The second-order valence-corrected chi connectivity index (χ2v) is 5.48. The summed E-state index contributed by atoms with van der Waals surface area (Å²) in [4.78, 5) is 2.57. The molecule has 0 unspecified atom stereocenters. The first-order valence-corrected chi connectivity index (χ1v) is 6.71. The standard InChI is InChI=1S/C15H24N2/c1-4-16-12-13-8-5-6-9-14(13)17-11-7-10-15(17,2)3/h5-6,8-9,16H,4,7,10-12H2,1-3H3. The monoisotopic (exact) mass is 232 g/mol. The van der Waals surface area contributed by atoms with Crippen molar-refractivity contribution in [2.24, 2.45) is 0 Å². The zero-order valence-electron chi connectivity index (χ0n) is 11.3. The van der Waals surface area contributed by atoms with Gasteiger partial charge >= 0.3 is 0 Å². The molecule has 1 heterocycles. The summed E-state index contributed by atoms with van der Waals surface area (Å²) in [5.41, 5.74) is 3.14. The summed E-state index contributed by atoms with van der Waals surface area (Å²) in [6.07, 6.45) is 2.60. The van der Waals surface area contributed by atoms with Crippen molar-refractivity contribution in [3.8, 4) is 0 Å². The van der Waals surface area contributed by atoms with Crippen LogP contribution in [-0.4, -0.2) is 18.6 Å². The van der Waals surface area contributed by atoms with Crippen LogP contribution in [0.2, 0.25) is 0 Å². The molecule has 0 spiro atoms. The molecule has 2 rings (SSSR count). The summed E-state index contributed by atoms with van der Waals surface area (Å²) in [5, 5.41) is 3.43. The summed E-state index contributed by atoms with van der Waals surface area (Å²) in [5.74, 6) is 0. The lowest BCUT2D eigenvalue weighted by Gasteiger charge is -2.35. The van der Waals surface area contributed by atoms with Crippen LogP contribution in [0.4, 0.5) is 5.69 Å². The number of anilines is 1. The van der Waals surface area contributed by atoms with Gasteiger partial charge in [0.05, 0.1) is 0 Å². The summed E-state index contributed by atoms with van der Waals surface area (Å²) >= 11 is 0. The fourth-order valence-electron chi connectivity index (χ4n) is 2.74. The molecule has 0 saturated carbocycles. The van der Waals surface area contributed by atoms with Gasteiger partial charge in [-0.1, -0.05) is 25.1 Å². The van der Waals surface area contributed by atoms with E-state index in [0.29, 0.717) is 5.54 Å². The molecule has 2 heteroatoms. The van der Waals surface area contributed by atoms with Crippen molar-refractivity contribution >= 4 is 5.69 Å². The molecule has 1 aromatic rings. The molecule has 94 valence electrons. The first-order chi connectivity index (χ1) is 8.15. The third kappa shape index (κ3) is 2.63. The zero-order valence-corrected chi connectivity index (χ0v) is 11.3. The SMILES string of the molecule is CCNCc1ccccc1N1CCCC1(C)C. The van der Waals surface area contributed by atoms with E-state index in [1.807, 2.05) is 0 Å². The van der Waals surface area contributed by atoms with E-state index in [2.05, 4.69) is 55.3 Å². The Balaban J connectivity index is 2.25. The first-order valence-electron chi connectivity index (χ1n) is 6.71. The Bertz CT molecular complexity index is 371. The second kappa shape index (κ2) is 5.09. The van der Waals surface area contributed by atoms with Crippen LogP contribution in [0.25, 0.3) is 0 Å². The van der Waals surface area contributed by atoms with Gasteiger partial charge in [-0.3, -0.25) is 0 Å². The molecule has 0 atom stereocenters. The molecule has 0 amide bonds. The fraction of sp³-hybridized carbons (Fsp3) is 0.600. The average molecular weight is 232 g/mol. The molecule has 17 heavy (non-hydrogen) atoms. The molecule has 2 nitrogen and oxygen atoms in total. The maximum Gasteiger partial charge on any atom is 0.0416 e. The number of para-hydroxylation sites is 1. The summed E-state index contributed by atoms with van der Waals surface area (Å²) < 4.78 is 0. The minimum Gasteiger partial charge on any atom is -0.366 e. The number of hydrogen-bond donors (Lipinski definition) is 1. The van der Waals surface area contributed by atoms with Crippen molar-refractivity contribution in [2.75, 3.05) is 18.0 Å². The molecule has 1 aliphatic heterocycles. The number of rotatable bonds is 4. The summed E-state index contributed by atoms with van der Waals surface area (Å²) in [6, 6.07) is 8.80. The van der Waals surface area contributed by atoms with Crippen molar-refractivity contribution in [3.63, 3.8) is 0 Å². The van der Waals surface area contributed by atoms with Crippen LogP contribution in [0.15, 0.2) is 24.3 Å². The highest BCUT2D eigenvalue weighted by molar-refractivity contribution is 5.56. The molecule has 0 bridgehead atoms. The van der Waals surface area contributed by atoms with Gasteiger partial charge in [0.15, 0.2) is 0 Å². The maximum absolute atomic E-state index is 3.43. The lowest BCUT2D eigenvalue weighted by Crippen LogP contribution is -2.38. The molecule has 1 aromatic carbocycles. The van der Waals surface area contributed by atoms with Crippen LogP contribution in [0.3, 0.4) is 0 Å². The molecule has 0 aliphatic carbocycles. The molecule has 0 radical (unpaired) electrons. The Morgan fingerprint density at radius 1 is 1.29 bits per heavy atom. The van der Waals surface area contributed by atoms with Crippen molar-refractivity contribution in [1.82, 2.24) is 5.32 Å². The molecule has 0 aromatic heterocycles. The van der Waals surface area contributed by atoms with Gasteiger partial charge in [-0.05, 0) is 44.9 Å². The van der Waals surface area contributed by atoms with Gasteiger partial charge in [-0.15, -0.1) is 0 Å². The predicted molar refractivity (Wildman–Crippen MR) is 74.5 cm³/mol. The van der Waals surface area contributed by atoms with Crippen LogP contribution < -0.4 is 10.2 Å². The Kier molecular flexibility index (Phi) is 3.72. The van der Waals surface area contributed by atoms with E-state index in [0.717, 1.165) is 13.1 Å². The highest BCUT2D eigenvalue weighted by Gasteiger charge is 2.32. The summed E-state index contributed by atoms with van der Waals surface area (Å²) in [7, 11) is 0. The average Bonchev–Trinajstić information content (AvgIpc) is 2.66. The maximum atomic E-state index is 3.43. The highest BCUT2D eigenvalue weighted by atomic mass is 15.2. The third-order valence-electron chi connectivity index (χ3n) is 3.75. The van der Waals surface area contributed by atoms with E-state index >= 15 is 0 Å². The van der Waals surface area contributed by atoms with Gasteiger partial charge in [0, 0.05) is 24.3 Å². The smallest absolute Gasteiger partial charge is 0.0416 e. The predicted octanol–water partition coefficient (Wildman–Crippen LogP) is 3.17. The van der Waals surface area contributed by atoms with E-state index in [4.69, 9.17) is 0 Å². The van der Waals surface area contributed by atoms with Crippen molar-refractivity contribution in [2.45, 2.75) is 45.7 Å². The van der Waals surface area contributed by atoms with E-state index in [1.165, 1.54) is 30.6 Å². The van der Waals surface area contributed by atoms with Gasteiger partial charge in [0.25, 0.3) is 0 Å². The second-order valence-electron chi connectivity index (χ2n) is 5.48. The van der Waals surface area contributed by atoms with Crippen molar-refractivity contribution in [1.29, 1.82) is 0 Å². The minimum atomic E-state index is 0.308. The van der Waals surface area contributed by atoms with E-state index in [-0.39, 0.29) is 0 Å². The van der Waals surface area contributed by atoms with Crippen LogP contribution in [0.5, 0.6) is 0 Å². The summed E-state index contributed by atoms with van der Waals surface area (Å²) in [6.45, 7) is 10.0. The molecule has 1 fully saturated rings. The van der Waals surface area contributed by atoms with Gasteiger partial charge in [-0.25, -0.2) is 0 Å². The molecular formula is C15H24N2. The Labute approximate surface area is 105 Å². The Morgan fingerprint density at radius 2 is 2.06 bits per heavy atom. The Hall–Kier alpha value is -1.02. The van der Waals surface area contributed by atoms with Crippen LogP contribution in [0.1, 0.15) is 39.2 Å². The molecular weight excluding hydrogens is 208 g/mol. The molecule has 1 N–H and O–H groups in total. The lowest BCUT2D eigenvalue weighted by atomic mass is 10.0. The minimum absolute atomic E-state index is 0.308. The fourth-order valence-corrected chi connectivity index (χ4v) is 2.74.